The van der Waals surface area contributed by atoms with Gasteiger partial charge in [0.05, 0.1) is 51.4 Å². The van der Waals surface area contributed by atoms with Crippen molar-refractivity contribution in [2.75, 3.05) is 18.5 Å². The molecule has 1 aliphatic carbocycles. The minimum Gasteiger partial charge on any atom is -0.381 e. The van der Waals surface area contributed by atoms with Crippen LogP contribution < -0.4 is 10.7 Å². The average Bonchev–Trinajstić information content (AvgIpc) is 2.90. The lowest BCUT2D eigenvalue weighted by Crippen LogP contribution is -2.23. The number of para-hydroxylation sites is 3. The van der Waals surface area contributed by atoms with Crippen molar-refractivity contribution >= 4 is 22.4 Å². The van der Waals surface area contributed by atoms with Crippen molar-refractivity contribution in [3.8, 4) is 17.1 Å². The molecule has 35 heavy (non-hydrogen) atoms. The molecule has 6 heteroatoms. The van der Waals surface area contributed by atoms with Crippen molar-refractivity contribution < 1.29 is 4.74 Å². The van der Waals surface area contributed by atoms with Gasteiger partial charge in [-0.2, -0.15) is 0 Å². The van der Waals surface area contributed by atoms with Crippen molar-refractivity contribution in [3.63, 3.8) is 0 Å². The van der Waals surface area contributed by atoms with Crippen LogP contribution in [-0.2, 0) is 4.74 Å². The highest BCUT2D eigenvalue weighted by molar-refractivity contribution is 5.84. The summed E-state index contributed by atoms with van der Waals surface area (Å²) in [5, 5.41) is 4.47. The molecule has 0 amide bonds. The van der Waals surface area contributed by atoms with Gasteiger partial charge < -0.3 is 14.6 Å². The number of aryl methyl sites for hydroxylation is 1. The first-order valence-corrected chi connectivity index (χ1v) is 12.1. The van der Waals surface area contributed by atoms with Crippen LogP contribution in [-0.4, -0.2) is 33.8 Å². The molecule has 3 heterocycles. The molecule has 0 saturated carbocycles. The summed E-state index contributed by atoms with van der Waals surface area (Å²) in [5.41, 5.74) is 7.86. The Morgan fingerprint density at radius 2 is 1.74 bits per heavy atom. The van der Waals surface area contributed by atoms with E-state index in [1.165, 1.54) is 0 Å². The van der Waals surface area contributed by atoms with Crippen LogP contribution in [0.2, 0.25) is 0 Å². The normalized spacial score (nSPS) is 15.1. The molecule has 6 nitrogen and oxygen atoms in total. The Kier molecular flexibility index (Phi) is 5.72. The van der Waals surface area contributed by atoms with Crippen molar-refractivity contribution in [1.29, 1.82) is 0 Å². The lowest BCUT2D eigenvalue weighted by molar-refractivity contribution is 0.0864. The van der Waals surface area contributed by atoms with Crippen molar-refractivity contribution in [3.05, 3.63) is 96.1 Å². The highest BCUT2D eigenvalue weighted by Gasteiger charge is 2.18. The number of nitrogens with zero attached hydrogens (tertiary/aromatic N) is 4. The maximum atomic E-state index is 5.57. The molecule has 6 rings (SSSR count). The summed E-state index contributed by atoms with van der Waals surface area (Å²) in [6.45, 7) is 3.49. The summed E-state index contributed by atoms with van der Waals surface area (Å²) in [5.74, 6) is 0. The monoisotopic (exact) mass is 461 g/mol. The summed E-state index contributed by atoms with van der Waals surface area (Å²) in [4.78, 5) is 14.7. The highest BCUT2D eigenvalue weighted by Crippen LogP contribution is 2.30. The first kappa shape index (κ1) is 21.5. The van der Waals surface area contributed by atoms with Crippen molar-refractivity contribution in [2.24, 2.45) is 4.99 Å². The van der Waals surface area contributed by atoms with Crippen molar-refractivity contribution in [1.82, 2.24) is 14.5 Å². The molecule has 0 radical (unpaired) electrons. The maximum absolute atomic E-state index is 5.57. The number of aromatic nitrogens is 3. The van der Waals surface area contributed by atoms with Gasteiger partial charge >= 0.3 is 0 Å². The zero-order chi connectivity index (χ0) is 23.6. The molecule has 1 fully saturated rings. The number of hydrogen-bond donors (Lipinski definition) is 1. The van der Waals surface area contributed by atoms with E-state index in [-0.39, 0.29) is 6.04 Å². The van der Waals surface area contributed by atoms with E-state index in [9.17, 15) is 0 Å². The predicted octanol–water partition coefficient (Wildman–Crippen LogP) is 5.66. The first-order chi connectivity index (χ1) is 17.2. The molecule has 0 atom stereocenters. The Morgan fingerprint density at radius 3 is 2.54 bits per heavy atom. The second kappa shape index (κ2) is 9.31. The van der Waals surface area contributed by atoms with Gasteiger partial charge in [0.1, 0.15) is 0 Å². The lowest BCUT2D eigenvalue weighted by atomic mass is 10.1. The van der Waals surface area contributed by atoms with E-state index in [0.717, 1.165) is 76.6 Å². The minimum absolute atomic E-state index is 0.233. The molecule has 1 N–H and O–H groups in total. The smallest absolute Gasteiger partial charge is 0.0900 e. The highest BCUT2D eigenvalue weighted by atomic mass is 16.5. The van der Waals surface area contributed by atoms with E-state index >= 15 is 0 Å². The van der Waals surface area contributed by atoms with Gasteiger partial charge in [-0.1, -0.05) is 30.3 Å². The van der Waals surface area contributed by atoms with E-state index in [2.05, 4.69) is 69.5 Å². The number of nitrogens with one attached hydrogen (secondary N) is 1. The first-order valence-electron chi connectivity index (χ1n) is 12.1. The third kappa shape index (κ3) is 4.40. The van der Waals surface area contributed by atoms with Crippen LogP contribution in [0.4, 0.5) is 11.4 Å². The zero-order valence-electron chi connectivity index (χ0n) is 19.7. The van der Waals surface area contributed by atoms with Crippen LogP contribution in [0.25, 0.3) is 28.1 Å². The Morgan fingerprint density at radius 1 is 0.943 bits per heavy atom. The fourth-order valence-corrected chi connectivity index (χ4v) is 4.61. The number of pyridine rings is 1. The molecule has 0 spiro atoms. The second-order valence-corrected chi connectivity index (χ2v) is 8.92. The molecule has 0 unspecified atom stereocenters. The summed E-state index contributed by atoms with van der Waals surface area (Å²) in [7, 11) is 0. The van der Waals surface area contributed by atoms with Crippen LogP contribution in [0.1, 0.15) is 18.5 Å². The molecule has 1 aromatic heterocycles. The topological polar surface area (TPSA) is 64.3 Å². The SMILES string of the molecule is Cc1ccc(Nc2cc3nc4ccccc4n(-c4ccccc4)c-3cc2=NC2CCOCC2)cn1. The van der Waals surface area contributed by atoms with Gasteiger partial charge in [0.2, 0.25) is 0 Å². The van der Waals surface area contributed by atoms with Crippen molar-refractivity contribution in [2.45, 2.75) is 25.8 Å². The Balaban J connectivity index is 1.61. The van der Waals surface area contributed by atoms with Crippen LogP contribution in [0.15, 0.2) is 90.1 Å². The third-order valence-electron chi connectivity index (χ3n) is 6.41. The lowest BCUT2D eigenvalue weighted by Gasteiger charge is -2.22. The van der Waals surface area contributed by atoms with E-state index in [1.807, 2.05) is 37.4 Å². The van der Waals surface area contributed by atoms with Gasteiger partial charge in [-0.05, 0) is 68.3 Å². The van der Waals surface area contributed by atoms with Crippen LogP contribution in [0.5, 0.6) is 0 Å². The molecule has 2 aromatic carbocycles. The maximum Gasteiger partial charge on any atom is 0.0900 e. The standard InChI is InChI=1S/C29H27N5O/c1-20-11-12-22(19-30-20)32-25-17-27-29(18-26(25)31-21-13-15-35-16-14-21)34(23-7-3-2-4-8-23)28-10-6-5-9-24(28)33-27/h2-12,17-19,21,32H,13-16H2,1H3. The number of anilines is 2. The minimum atomic E-state index is 0.233. The Bertz CT molecular complexity index is 1500. The van der Waals surface area contributed by atoms with Gasteiger partial charge in [0, 0.05) is 24.6 Å². The summed E-state index contributed by atoms with van der Waals surface area (Å²) >= 11 is 0. The van der Waals surface area contributed by atoms with Gasteiger partial charge in [-0.25, -0.2) is 4.98 Å². The van der Waals surface area contributed by atoms with E-state index < -0.39 is 0 Å². The fraction of sp³-hybridized carbons (Fsp3) is 0.207. The van der Waals surface area contributed by atoms with Crippen LogP contribution in [0.3, 0.4) is 0 Å². The fourth-order valence-electron chi connectivity index (χ4n) is 4.61. The second-order valence-electron chi connectivity index (χ2n) is 8.92. The van der Waals surface area contributed by atoms with E-state index in [1.54, 1.807) is 0 Å². The molecule has 1 saturated heterocycles. The number of fused-ring (bicyclic) bond motifs is 2. The van der Waals surface area contributed by atoms with Gasteiger partial charge in [-0.3, -0.25) is 9.98 Å². The third-order valence-corrected chi connectivity index (χ3v) is 6.41. The summed E-state index contributed by atoms with van der Waals surface area (Å²) in [6, 6.07) is 27.3. The molecule has 2 aliphatic heterocycles. The molecular weight excluding hydrogens is 434 g/mol. The van der Waals surface area contributed by atoms with Gasteiger partial charge in [0.25, 0.3) is 0 Å². The number of hydrogen-bond acceptors (Lipinski definition) is 5. The Hall–Kier alpha value is -4.03. The molecule has 3 aliphatic rings. The predicted molar refractivity (Wildman–Crippen MR) is 139 cm³/mol. The van der Waals surface area contributed by atoms with Crippen LogP contribution >= 0.6 is 0 Å². The largest absolute Gasteiger partial charge is 0.381 e. The average molecular weight is 462 g/mol. The number of ether oxygens (including phenoxy) is 1. The van der Waals surface area contributed by atoms with E-state index in [0.29, 0.717) is 0 Å². The quantitative estimate of drug-likeness (QED) is 0.351. The number of benzene rings is 3. The summed E-state index contributed by atoms with van der Waals surface area (Å²) in [6.07, 6.45) is 3.71. The van der Waals surface area contributed by atoms with E-state index in [4.69, 9.17) is 14.7 Å². The van der Waals surface area contributed by atoms with Gasteiger partial charge in [0.15, 0.2) is 0 Å². The van der Waals surface area contributed by atoms with Gasteiger partial charge in [-0.15, -0.1) is 0 Å². The molecule has 0 bridgehead atoms. The van der Waals surface area contributed by atoms with Crippen LogP contribution in [0, 0.1) is 6.92 Å². The molecule has 3 aromatic rings. The molecule has 174 valence electrons. The molecular formula is C29H27N5O. The summed E-state index contributed by atoms with van der Waals surface area (Å²) < 4.78 is 7.85. The Labute approximate surface area is 204 Å². The number of rotatable bonds is 4. The zero-order valence-corrected chi connectivity index (χ0v) is 19.7.